The Hall–Kier alpha value is -2.37. The Balaban J connectivity index is 0.00000180. The van der Waals surface area contributed by atoms with E-state index in [1.54, 1.807) is 0 Å². The largest absolute Gasteiger partial charge is 0.329 e. The van der Waals surface area contributed by atoms with Crippen molar-refractivity contribution in [2.24, 2.45) is 11.8 Å². The van der Waals surface area contributed by atoms with E-state index in [0.717, 1.165) is 30.5 Å². The normalized spacial score (nSPS) is 24.0. The molecule has 0 bridgehead atoms. The highest BCUT2D eigenvalue weighted by atomic mass is 35.5. The molecular weight excluding hydrogens is 360 g/mol. The number of H-pyrrole nitrogens is 1. The number of rotatable bonds is 2. The van der Waals surface area contributed by atoms with Gasteiger partial charge in [0.2, 0.25) is 0 Å². The smallest absolute Gasteiger partial charge is 0.275 e. The molecule has 0 saturated carbocycles. The number of fused-ring (bicyclic) bond motifs is 2. The van der Waals surface area contributed by atoms with Crippen molar-refractivity contribution in [2.75, 3.05) is 19.6 Å². The minimum atomic E-state index is 0. The van der Waals surface area contributed by atoms with Gasteiger partial charge in [0.25, 0.3) is 5.91 Å². The first-order valence-electron chi connectivity index (χ1n) is 9.24. The average Bonchev–Trinajstić information content (AvgIpc) is 3.36. The second kappa shape index (κ2) is 6.98. The van der Waals surface area contributed by atoms with E-state index in [1.165, 1.54) is 11.1 Å². The fourth-order valence-corrected chi connectivity index (χ4v) is 4.71. The first-order chi connectivity index (χ1) is 12.7. The Labute approximate surface area is 164 Å². The topological polar surface area (TPSA) is 61.0 Å². The average molecular weight is 383 g/mol. The van der Waals surface area contributed by atoms with Crippen molar-refractivity contribution in [1.82, 2.24) is 20.4 Å². The lowest BCUT2D eigenvalue weighted by atomic mass is 9.87. The van der Waals surface area contributed by atoms with Crippen LogP contribution in [0, 0.1) is 18.8 Å². The van der Waals surface area contributed by atoms with E-state index < -0.39 is 0 Å². The molecule has 140 valence electrons. The van der Waals surface area contributed by atoms with Crippen molar-refractivity contribution in [2.45, 2.75) is 13.0 Å². The van der Waals surface area contributed by atoms with E-state index in [4.69, 9.17) is 0 Å². The Morgan fingerprint density at radius 2 is 1.89 bits per heavy atom. The second-order valence-electron chi connectivity index (χ2n) is 7.46. The standard InChI is InChI=1S/C21H22N4O.ClH/c1-13-6-2-3-7-15(13)20-17-11-22-10-14(17)12-25(20)21(26)19-16-8-4-5-9-18(16)23-24-19;/h2-9,14,17,20,22H,10-12H2,1H3,(H,23,24);1H/t14-,17-,20+;/m0./s1. The van der Waals surface area contributed by atoms with Crippen LogP contribution in [0.5, 0.6) is 0 Å². The zero-order valence-corrected chi connectivity index (χ0v) is 16.0. The Morgan fingerprint density at radius 3 is 2.74 bits per heavy atom. The number of amides is 1. The molecule has 2 aliphatic heterocycles. The van der Waals surface area contributed by atoms with Crippen LogP contribution >= 0.6 is 12.4 Å². The highest BCUT2D eigenvalue weighted by Gasteiger charge is 2.47. The number of para-hydroxylation sites is 1. The summed E-state index contributed by atoms with van der Waals surface area (Å²) in [5, 5.41) is 11.8. The zero-order valence-electron chi connectivity index (χ0n) is 15.2. The molecule has 1 aromatic heterocycles. The molecule has 1 amide bonds. The number of hydrogen-bond donors (Lipinski definition) is 2. The van der Waals surface area contributed by atoms with Gasteiger partial charge >= 0.3 is 0 Å². The van der Waals surface area contributed by atoms with Gasteiger partial charge in [0, 0.05) is 30.9 Å². The molecule has 27 heavy (non-hydrogen) atoms. The number of hydrogen-bond acceptors (Lipinski definition) is 3. The van der Waals surface area contributed by atoms with Gasteiger partial charge < -0.3 is 10.2 Å². The van der Waals surface area contributed by atoms with Crippen LogP contribution in [0.3, 0.4) is 0 Å². The number of aryl methyl sites for hydroxylation is 1. The molecule has 2 fully saturated rings. The van der Waals surface area contributed by atoms with Crippen molar-refractivity contribution < 1.29 is 4.79 Å². The number of carbonyl (C=O) groups is 1. The van der Waals surface area contributed by atoms with Gasteiger partial charge in [0.1, 0.15) is 0 Å². The number of halogens is 1. The molecule has 0 spiro atoms. The van der Waals surface area contributed by atoms with E-state index in [0.29, 0.717) is 17.5 Å². The fraction of sp³-hybridized carbons (Fsp3) is 0.333. The van der Waals surface area contributed by atoms with Gasteiger partial charge in [-0.1, -0.05) is 42.5 Å². The predicted molar refractivity (Wildman–Crippen MR) is 108 cm³/mol. The minimum Gasteiger partial charge on any atom is -0.329 e. The highest BCUT2D eigenvalue weighted by molar-refractivity contribution is 6.04. The molecule has 3 atom stereocenters. The molecule has 5 rings (SSSR count). The molecule has 0 radical (unpaired) electrons. The maximum atomic E-state index is 13.5. The summed E-state index contributed by atoms with van der Waals surface area (Å²) in [5.41, 5.74) is 3.95. The van der Waals surface area contributed by atoms with Gasteiger partial charge in [-0.2, -0.15) is 5.10 Å². The Morgan fingerprint density at radius 1 is 1.11 bits per heavy atom. The van der Waals surface area contributed by atoms with Crippen molar-refractivity contribution in [3.05, 3.63) is 65.4 Å². The Bertz CT molecular complexity index is 985. The third-order valence-electron chi connectivity index (χ3n) is 6.01. The fourth-order valence-electron chi connectivity index (χ4n) is 4.71. The maximum absolute atomic E-state index is 13.5. The molecule has 6 heteroatoms. The zero-order chi connectivity index (χ0) is 17.7. The van der Waals surface area contributed by atoms with Crippen LogP contribution in [0.1, 0.15) is 27.7 Å². The van der Waals surface area contributed by atoms with Crippen LogP contribution in [0.2, 0.25) is 0 Å². The van der Waals surface area contributed by atoms with Crippen LogP contribution < -0.4 is 5.32 Å². The lowest BCUT2D eigenvalue weighted by molar-refractivity contribution is 0.0709. The molecule has 2 aromatic carbocycles. The van der Waals surface area contributed by atoms with Gasteiger partial charge in [-0.25, -0.2) is 0 Å². The SMILES string of the molecule is Cc1ccccc1[C@@H]1[C@H]2CNC[C@H]2CN1C(=O)c1n[nH]c2ccccc12.Cl. The molecular formula is C21H23ClN4O. The monoisotopic (exact) mass is 382 g/mol. The van der Waals surface area contributed by atoms with Gasteiger partial charge in [-0.15, -0.1) is 12.4 Å². The molecule has 5 nitrogen and oxygen atoms in total. The summed E-state index contributed by atoms with van der Waals surface area (Å²) in [6, 6.07) is 16.4. The van der Waals surface area contributed by atoms with Crippen LogP contribution in [-0.4, -0.2) is 40.6 Å². The third-order valence-corrected chi connectivity index (χ3v) is 6.01. The van der Waals surface area contributed by atoms with Gasteiger partial charge in [-0.05, 0) is 30.0 Å². The molecule has 3 aromatic rings. The summed E-state index contributed by atoms with van der Waals surface area (Å²) >= 11 is 0. The molecule has 0 aliphatic carbocycles. The van der Waals surface area contributed by atoms with Crippen molar-refractivity contribution >= 4 is 29.2 Å². The summed E-state index contributed by atoms with van der Waals surface area (Å²) in [5.74, 6) is 1.00. The van der Waals surface area contributed by atoms with Gasteiger partial charge in [0.15, 0.2) is 5.69 Å². The summed E-state index contributed by atoms with van der Waals surface area (Å²) in [6.45, 7) is 4.88. The highest BCUT2D eigenvalue weighted by Crippen LogP contribution is 2.44. The number of carbonyl (C=O) groups excluding carboxylic acids is 1. The van der Waals surface area contributed by atoms with Crippen molar-refractivity contribution in [1.29, 1.82) is 0 Å². The van der Waals surface area contributed by atoms with E-state index >= 15 is 0 Å². The van der Waals surface area contributed by atoms with E-state index in [-0.39, 0.29) is 24.4 Å². The molecule has 2 aliphatic rings. The first-order valence-corrected chi connectivity index (χ1v) is 9.24. The van der Waals surface area contributed by atoms with Crippen LogP contribution in [0.4, 0.5) is 0 Å². The minimum absolute atomic E-state index is 0. The summed E-state index contributed by atoms with van der Waals surface area (Å²) in [6.07, 6.45) is 0. The quantitative estimate of drug-likeness (QED) is 0.714. The van der Waals surface area contributed by atoms with Crippen LogP contribution in [0.15, 0.2) is 48.5 Å². The number of nitrogens with one attached hydrogen (secondary N) is 2. The van der Waals surface area contributed by atoms with Gasteiger partial charge in [0.05, 0.1) is 11.6 Å². The van der Waals surface area contributed by atoms with E-state index in [2.05, 4.69) is 51.6 Å². The van der Waals surface area contributed by atoms with E-state index in [9.17, 15) is 4.79 Å². The molecule has 3 heterocycles. The lowest BCUT2D eigenvalue weighted by Crippen LogP contribution is -2.35. The Kier molecular flexibility index (Phi) is 4.66. The van der Waals surface area contributed by atoms with Crippen LogP contribution in [0.25, 0.3) is 10.9 Å². The predicted octanol–water partition coefficient (Wildman–Crippen LogP) is 3.33. The van der Waals surface area contributed by atoms with Gasteiger partial charge in [-0.3, -0.25) is 9.89 Å². The number of benzene rings is 2. The van der Waals surface area contributed by atoms with E-state index in [1.807, 2.05) is 24.3 Å². The van der Waals surface area contributed by atoms with Crippen molar-refractivity contribution in [3.8, 4) is 0 Å². The summed E-state index contributed by atoms with van der Waals surface area (Å²) in [7, 11) is 0. The van der Waals surface area contributed by atoms with Crippen molar-refractivity contribution in [3.63, 3.8) is 0 Å². The number of nitrogens with zero attached hydrogens (tertiary/aromatic N) is 2. The first kappa shape index (κ1) is 18.0. The van der Waals surface area contributed by atoms with Crippen LogP contribution in [-0.2, 0) is 0 Å². The number of aromatic amines is 1. The summed E-state index contributed by atoms with van der Waals surface area (Å²) in [4.78, 5) is 15.5. The summed E-state index contributed by atoms with van der Waals surface area (Å²) < 4.78 is 0. The second-order valence-corrected chi connectivity index (χ2v) is 7.46. The molecule has 2 N–H and O–H groups in total. The molecule has 2 saturated heterocycles. The number of aromatic nitrogens is 2. The number of likely N-dealkylation sites (tertiary alicyclic amines) is 1. The lowest BCUT2D eigenvalue weighted by Gasteiger charge is -2.29. The molecule has 0 unspecified atom stereocenters. The third kappa shape index (κ3) is 2.82. The maximum Gasteiger partial charge on any atom is 0.275 e.